The van der Waals surface area contributed by atoms with E-state index in [1.54, 1.807) is 6.08 Å². The fourth-order valence-electron chi connectivity index (χ4n) is 4.60. The normalized spacial score (nSPS) is 11.2. The van der Waals surface area contributed by atoms with Crippen molar-refractivity contribution in [1.29, 1.82) is 5.26 Å². The van der Waals surface area contributed by atoms with Gasteiger partial charge in [-0.05, 0) is 103 Å². The van der Waals surface area contributed by atoms with E-state index >= 15 is 0 Å². The van der Waals surface area contributed by atoms with E-state index in [4.69, 9.17) is 30.9 Å². The van der Waals surface area contributed by atoms with Gasteiger partial charge in [-0.3, -0.25) is 0 Å². The topological polar surface area (TPSA) is 121 Å². The first-order valence-corrected chi connectivity index (χ1v) is 14.5. The summed E-state index contributed by atoms with van der Waals surface area (Å²) in [5.41, 5.74) is 16.5. The van der Waals surface area contributed by atoms with Crippen LogP contribution < -0.4 is 20.9 Å². The van der Waals surface area contributed by atoms with Crippen molar-refractivity contribution in [3.8, 4) is 17.6 Å². The van der Waals surface area contributed by atoms with Crippen LogP contribution >= 0.6 is 0 Å². The highest BCUT2D eigenvalue weighted by molar-refractivity contribution is 5.87. The molecule has 0 saturated carbocycles. The Balaban J connectivity index is 1.28. The highest BCUT2D eigenvalue weighted by atomic mass is 16.5. The summed E-state index contributed by atoms with van der Waals surface area (Å²) in [5, 5.41) is 8.60. The van der Waals surface area contributed by atoms with Gasteiger partial charge in [-0.25, -0.2) is 4.79 Å². The van der Waals surface area contributed by atoms with E-state index in [0.29, 0.717) is 56.0 Å². The van der Waals surface area contributed by atoms with E-state index in [1.165, 1.54) is 6.08 Å². The van der Waals surface area contributed by atoms with E-state index in [1.807, 2.05) is 97.1 Å². The van der Waals surface area contributed by atoms with E-state index in [2.05, 4.69) is 13.0 Å². The second-order valence-electron chi connectivity index (χ2n) is 10.9. The first kappa shape index (κ1) is 31.7. The molecule has 0 heterocycles. The average molecular weight is 589 g/mol. The van der Waals surface area contributed by atoms with Crippen molar-refractivity contribution < 1.29 is 19.0 Å². The number of ether oxygens (including phenoxy) is 3. The third kappa shape index (κ3) is 10.6. The molecule has 4 rings (SSSR count). The molecule has 4 aromatic carbocycles. The molecule has 4 aromatic rings. The lowest BCUT2D eigenvalue weighted by molar-refractivity contribution is -0.140. The quantitative estimate of drug-likeness (QED) is 0.0665. The van der Waals surface area contributed by atoms with Crippen LogP contribution in [0.25, 0.3) is 6.08 Å². The van der Waals surface area contributed by atoms with Crippen molar-refractivity contribution in [2.75, 3.05) is 24.7 Å². The number of anilines is 2. The zero-order valence-electron chi connectivity index (χ0n) is 24.8. The molecule has 7 nitrogen and oxygen atoms in total. The number of nitriles is 1. The fourth-order valence-corrected chi connectivity index (χ4v) is 4.60. The number of carbonyl (C=O) groups excluding carboxylic acids is 1. The molecule has 0 unspecified atom stereocenters. The summed E-state index contributed by atoms with van der Waals surface area (Å²) in [6.45, 7) is 5.55. The van der Waals surface area contributed by atoms with Crippen molar-refractivity contribution in [1.82, 2.24) is 0 Å². The molecule has 0 aliphatic heterocycles. The highest BCUT2D eigenvalue weighted by Gasteiger charge is 2.27. The number of unbranched alkanes of at least 4 members (excludes halogenated alkanes) is 1. The SMILES string of the molecule is [CH2]C(COC(=O)/C=C/c1ccc(OCc2ccc(OCCCC#N)cc2)cc1)(Cc1ccc(N)cc1)Cc1ccc(N)cc1. The molecule has 7 heteroatoms. The summed E-state index contributed by atoms with van der Waals surface area (Å²) in [5.74, 6) is 1.05. The lowest BCUT2D eigenvalue weighted by atomic mass is 9.79. The third-order valence-electron chi connectivity index (χ3n) is 6.96. The second-order valence-corrected chi connectivity index (χ2v) is 10.9. The van der Waals surface area contributed by atoms with E-state index in [0.717, 1.165) is 28.0 Å². The summed E-state index contributed by atoms with van der Waals surface area (Å²) in [4.78, 5) is 12.7. The number of nitrogens with zero attached hydrogens (tertiary/aromatic N) is 1. The minimum Gasteiger partial charge on any atom is -0.494 e. The van der Waals surface area contributed by atoms with Crippen LogP contribution in [0.3, 0.4) is 0 Å². The third-order valence-corrected chi connectivity index (χ3v) is 6.96. The summed E-state index contributed by atoms with van der Waals surface area (Å²) in [6.07, 6.45) is 5.55. The Morgan fingerprint density at radius 1 is 0.773 bits per heavy atom. The van der Waals surface area contributed by atoms with Gasteiger partial charge in [-0.1, -0.05) is 48.5 Å². The Kier molecular flexibility index (Phi) is 11.4. The van der Waals surface area contributed by atoms with Crippen LogP contribution in [-0.4, -0.2) is 19.2 Å². The Labute approximate surface area is 259 Å². The maximum Gasteiger partial charge on any atom is 0.330 e. The number of rotatable bonds is 15. The molecule has 225 valence electrons. The molecule has 1 radical (unpaired) electrons. The van der Waals surface area contributed by atoms with Gasteiger partial charge in [0.2, 0.25) is 0 Å². The second kappa shape index (κ2) is 15.9. The van der Waals surface area contributed by atoms with Gasteiger partial charge >= 0.3 is 5.97 Å². The monoisotopic (exact) mass is 588 g/mol. The molecular formula is C37H38N3O4. The number of esters is 1. The molecule has 0 amide bonds. The standard InChI is InChI=1S/C37H38N3O4/c1-37(24-29-4-13-32(39)14-5-29,25-30-6-15-33(40)16-7-30)27-44-36(41)21-12-28-8-17-35(18-9-28)43-26-31-10-19-34(20-11-31)42-23-3-2-22-38/h4-21H,1-3,23-27,39-40H2/b21-12+. The maximum atomic E-state index is 12.7. The number of carbonyl (C=O) groups is 1. The van der Waals surface area contributed by atoms with Gasteiger partial charge in [0.15, 0.2) is 0 Å². The molecule has 0 aliphatic rings. The van der Waals surface area contributed by atoms with Crippen molar-refractivity contribution >= 4 is 23.4 Å². The van der Waals surface area contributed by atoms with Crippen LogP contribution in [-0.2, 0) is 29.0 Å². The molecular weight excluding hydrogens is 550 g/mol. The van der Waals surface area contributed by atoms with E-state index in [9.17, 15) is 4.79 Å². The Bertz CT molecular complexity index is 1490. The van der Waals surface area contributed by atoms with Gasteiger partial charge in [-0.15, -0.1) is 0 Å². The number of benzene rings is 4. The van der Waals surface area contributed by atoms with Gasteiger partial charge in [-0.2, -0.15) is 5.26 Å². The summed E-state index contributed by atoms with van der Waals surface area (Å²) in [7, 11) is 0. The Hall–Kier alpha value is -5.22. The van der Waals surface area contributed by atoms with Gasteiger partial charge in [0.25, 0.3) is 0 Å². The smallest absolute Gasteiger partial charge is 0.330 e. The van der Waals surface area contributed by atoms with E-state index < -0.39 is 11.4 Å². The minimum absolute atomic E-state index is 0.145. The molecule has 44 heavy (non-hydrogen) atoms. The first-order valence-electron chi connectivity index (χ1n) is 14.5. The fraction of sp³-hybridized carbons (Fsp3) is 0.216. The zero-order chi connectivity index (χ0) is 31.2. The lowest BCUT2D eigenvalue weighted by Gasteiger charge is -2.29. The van der Waals surface area contributed by atoms with Gasteiger partial charge in [0.05, 0.1) is 19.3 Å². The Morgan fingerprint density at radius 3 is 1.86 bits per heavy atom. The van der Waals surface area contributed by atoms with Crippen LogP contribution in [0.2, 0.25) is 0 Å². The van der Waals surface area contributed by atoms with Crippen LogP contribution in [0.15, 0.2) is 103 Å². The average Bonchev–Trinajstić information content (AvgIpc) is 3.03. The summed E-state index contributed by atoms with van der Waals surface area (Å²) in [6, 6.07) is 32.6. The number of nitrogens with two attached hydrogens (primary N) is 2. The maximum absolute atomic E-state index is 12.7. The van der Waals surface area contributed by atoms with Crippen molar-refractivity contribution in [3.05, 3.63) is 132 Å². The lowest BCUT2D eigenvalue weighted by Crippen LogP contribution is -2.30. The van der Waals surface area contributed by atoms with Crippen LogP contribution in [0.1, 0.15) is 35.1 Å². The van der Waals surface area contributed by atoms with Crippen molar-refractivity contribution in [2.45, 2.75) is 32.3 Å². The Morgan fingerprint density at radius 2 is 1.30 bits per heavy atom. The van der Waals surface area contributed by atoms with E-state index in [-0.39, 0.29) is 6.61 Å². The molecule has 0 spiro atoms. The molecule has 0 atom stereocenters. The molecule has 0 aliphatic carbocycles. The van der Waals surface area contributed by atoms with Gasteiger partial charge < -0.3 is 25.7 Å². The number of hydrogen-bond donors (Lipinski definition) is 2. The molecule has 0 saturated heterocycles. The minimum atomic E-state index is -0.583. The molecule has 0 bridgehead atoms. The van der Waals surface area contributed by atoms with Gasteiger partial charge in [0.1, 0.15) is 18.1 Å². The van der Waals surface area contributed by atoms with Gasteiger partial charge in [0, 0.05) is 29.3 Å². The molecule has 0 aromatic heterocycles. The highest BCUT2D eigenvalue weighted by Crippen LogP contribution is 2.29. The van der Waals surface area contributed by atoms with Crippen LogP contribution in [0.5, 0.6) is 11.5 Å². The first-order chi connectivity index (χ1) is 21.3. The predicted octanol–water partition coefficient (Wildman–Crippen LogP) is 6.97. The van der Waals surface area contributed by atoms with Crippen LogP contribution in [0.4, 0.5) is 11.4 Å². The van der Waals surface area contributed by atoms with Crippen LogP contribution in [0, 0.1) is 23.7 Å². The zero-order valence-corrected chi connectivity index (χ0v) is 24.8. The van der Waals surface area contributed by atoms with Crippen molar-refractivity contribution in [3.63, 3.8) is 0 Å². The van der Waals surface area contributed by atoms with Crippen molar-refractivity contribution in [2.24, 2.45) is 5.41 Å². The largest absolute Gasteiger partial charge is 0.494 e. The predicted molar refractivity (Wildman–Crippen MR) is 174 cm³/mol. The molecule has 4 N–H and O–H groups in total. The summed E-state index contributed by atoms with van der Waals surface area (Å²) >= 11 is 0. The summed E-state index contributed by atoms with van der Waals surface area (Å²) < 4.78 is 17.2. The molecule has 0 fully saturated rings. The number of nitrogen functional groups attached to an aromatic ring is 2. The number of hydrogen-bond acceptors (Lipinski definition) is 7.